The zero-order valence-electron chi connectivity index (χ0n) is 14.9. The molecule has 0 unspecified atom stereocenters. The summed E-state index contributed by atoms with van der Waals surface area (Å²) in [5.74, 6) is -0.439. The monoisotopic (exact) mass is 373 g/mol. The molecule has 0 aliphatic heterocycles. The zero-order chi connectivity index (χ0) is 19.6. The zero-order valence-corrected chi connectivity index (χ0v) is 14.9. The molecule has 140 valence electrons. The van der Waals surface area contributed by atoms with Crippen molar-refractivity contribution >= 4 is 22.6 Å². The lowest BCUT2D eigenvalue weighted by Crippen LogP contribution is -2.12. The number of ether oxygens (including phenoxy) is 2. The van der Waals surface area contributed by atoms with Gasteiger partial charge in [-0.25, -0.2) is 9.97 Å². The van der Waals surface area contributed by atoms with E-state index >= 15 is 0 Å². The molecule has 0 spiro atoms. The van der Waals surface area contributed by atoms with Gasteiger partial charge >= 0.3 is 6.61 Å². The number of amides is 1. The number of nitrogens with one attached hydrogen (secondary N) is 1. The fourth-order valence-electron chi connectivity index (χ4n) is 2.52. The van der Waals surface area contributed by atoms with Crippen LogP contribution in [0.1, 0.15) is 21.7 Å². The Kier molecular flexibility index (Phi) is 5.16. The number of aromatic nitrogens is 2. The van der Waals surface area contributed by atoms with Crippen molar-refractivity contribution in [3.8, 4) is 11.5 Å². The van der Waals surface area contributed by atoms with Crippen LogP contribution in [-0.4, -0.2) is 29.6 Å². The molecule has 6 nitrogen and oxygen atoms in total. The molecule has 0 radical (unpaired) electrons. The third-order valence-electron chi connectivity index (χ3n) is 3.98. The second-order valence-electron chi connectivity index (χ2n) is 5.80. The van der Waals surface area contributed by atoms with Gasteiger partial charge in [0.15, 0.2) is 11.5 Å². The lowest BCUT2D eigenvalue weighted by molar-refractivity contribution is -0.0511. The maximum atomic E-state index is 12.5. The molecule has 1 aromatic heterocycles. The van der Waals surface area contributed by atoms with E-state index in [4.69, 9.17) is 4.74 Å². The van der Waals surface area contributed by atoms with Crippen LogP contribution in [0.4, 0.5) is 14.5 Å². The first kappa shape index (κ1) is 18.5. The number of aryl methyl sites for hydroxylation is 2. The highest BCUT2D eigenvalue weighted by atomic mass is 19.3. The number of benzene rings is 2. The summed E-state index contributed by atoms with van der Waals surface area (Å²) in [6.45, 7) is 0.706. The topological polar surface area (TPSA) is 73.3 Å². The smallest absolute Gasteiger partial charge is 0.387 e. The van der Waals surface area contributed by atoms with Crippen LogP contribution in [0.15, 0.2) is 36.4 Å². The SMILES string of the molecule is COc1ccc(NC(=O)c2ccc3nc(C)c(C)nc3c2)cc1OC(F)F. The van der Waals surface area contributed by atoms with Crippen molar-refractivity contribution in [2.45, 2.75) is 20.5 Å². The van der Waals surface area contributed by atoms with Crippen molar-refractivity contribution in [1.82, 2.24) is 9.97 Å². The van der Waals surface area contributed by atoms with Crippen molar-refractivity contribution in [3.63, 3.8) is 0 Å². The number of halogens is 2. The number of carbonyl (C=O) groups excluding carboxylic acids is 1. The number of alkyl halides is 2. The number of hydrogen-bond acceptors (Lipinski definition) is 5. The summed E-state index contributed by atoms with van der Waals surface area (Å²) in [4.78, 5) is 21.4. The van der Waals surface area contributed by atoms with Crippen molar-refractivity contribution in [2.24, 2.45) is 0 Å². The van der Waals surface area contributed by atoms with Crippen LogP contribution in [-0.2, 0) is 0 Å². The number of hydrogen-bond donors (Lipinski definition) is 1. The highest BCUT2D eigenvalue weighted by molar-refractivity contribution is 6.06. The molecular formula is C19H17F2N3O3. The van der Waals surface area contributed by atoms with E-state index in [0.717, 1.165) is 11.4 Å². The van der Waals surface area contributed by atoms with E-state index < -0.39 is 12.5 Å². The van der Waals surface area contributed by atoms with Gasteiger partial charge in [-0.1, -0.05) is 0 Å². The summed E-state index contributed by atoms with van der Waals surface area (Å²) in [6.07, 6.45) is 0. The van der Waals surface area contributed by atoms with Gasteiger partial charge < -0.3 is 14.8 Å². The Morgan fingerprint density at radius 2 is 1.70 bits per heavy atom. The quantitative estimate of drug-likeness (QED) is 0.729. The van der Waals surface area contributed by atoms with Crippen LogP contribution >= 0.6 is 0 Å². The van der Waals surface area contributed by atoms with Gasteiger partial charge in [0.1, 0.15) is 0 Å². The lowest BCUT2D eigenvalue weighted by atomic mass is 10.1. The molecule has 3 rings (SSSR count). The first-order valence-corrected chi connectivity index (χ1v) is 8.06. The molecule has 1 N–H and O–H groups in total. The maximum Gasteiger partial charge on any atom is 0.387 e. The van der Waals surface area contributed by atoms with Crippen molar-refractivity contribution in [3.05, 3.63) is 53.3 Å². The summed E-state index contributed by atoms with van der Waals surface area (Å²) in [6, 6.07) is 9.21. The van der Waals surface area contributed by atoms with Crippen LogP contribution < -0.4 is 14.8 Å². The summed E-state index contributed by atoms with van der Waals surface area (Å²) in [7, 11) is 1.34. The first-order valence-electron chi connectivity index (χ1n) is 8.06. The second-order valence-corrected chi connectivity index (χ2v) is 5.80. The average molecular weight is 373 g/mol. The number of fused-ring (bicyclic) bond motifs is 1. The molecule has 0 bridgehead atoms. The molecule has 0 saturated carbocycles. The number of rotatable bonds is 5. The molecule has 0 saturated heterocycles. The molecule has 2 aromatic carbocycles. The van der Waals surface area contributed by atoms with Crippen LogP contribution in [0.25, 0.3) is 11.0 Å². The van der Waals surface area contributed by atoms with E-state index in [1.54, 1.807) is 18.2 Å². The summed E-state index contributed by atoms with van der Waals surface area (Å²) >= 11 is 0. The molecule has 0 fully saturated rings. The molecule has 27 heavy (non-hydrogen) atoms. The summed E-state index contributed by atoms with van der Waals surface area (Å²) in [5.41, 5.74) is 3.55. The molecule has 3 aromatic rings. The Hall–Kier alpha value is -3.29. The maximum absolute atomic E-state index is 12.5. The van der Waals surface area contributed by atoms with E-state index in [1.165, 1.54) is 25.3 Å². The fraction of sp³-hybridized carbons (Fsp3) is 0.211. The number of nitrogens with zero attached hydrogens (tertiary/aromatic N) is 2. The third-order valence-corrected chi connectivity index (χ3v) is 3.98. The normalized spacial score (nSPS) is 10.9. The van der Waals surface area contributed by atoms with Crippen LogP contribution in [0.3, 0.4) is 0 Å². The van der Waals surface area contributed by atoms with Gasteiger partial charge in [-0.2, -0.15) is 8.78 Å². The van der Waals surface area contributed by atoms with Gasteiger partial charge in [-0.3, -0.25) is 4.79 Å². The van der Waals surface area contributed by atoms with Crippen LogP contribution in [0.2, 0.25) is 0 Å². The Morgan fingerprint density at radius 3 is 2.37 bits per heavy atom. The van der Waals surface area contributed by atoms with E-state index in [1.807, 2.05) is 13.8 Å². The Bertz CT molecular complexity index is 1010. The van der Waals surface area contributed by atoms with Crippen molar-refractivity contribution < 1.29 is 23.0 Å². The van der Waals surface area contributed by atoms with Gasteiger partial charge in [0, 0.05) is 17.3 Å². The molecule has 0 aliphatic carbocycles. The van der Waals surface area contributed by atoms with Gasteiger partial charge in [-0.05, 0) is 44.2 Å². The van der Waals surface area contributed by atoms with Crippen LogP contribution in [0.5, 0.6) is 11.5 Å². The minimum absolute atomic E-state index is 0.139. The number of methoxy groups -OCH3 is 1. The minimum atomic E-state index is -3.00. The lowest BCUT2D eigenvalue weighted by Gasteiger charge is -2.12. The highest BCUT2D eigenvalue weighted by Gasteiger charge is 2.14. The summed E-state index contributed by atoms with van der Waals surface area (Å²) < 4.78 is 34.4. The Morgan fingerprint density at radius 1 is 1.00 bits per heavy atom. The van der Waals surface area contributed by atoms with Gasteiger partial charge in [0.25, 0.3) is 5.91 Å². The molecular weight excluding hydrogens is 356 g/mol. The summed E-state index contributed by atoms with van der Waals surface area (Å²) in [5, 5.41) is 2.65. The minimum Gasteiger partial charge on any atom is -0.493 e. The Labute approximate surface area is 154 Å². The van der Waals surface area contributed by atoms with E-state index in [2.05, 4.69) is 20.0 Å². The molecule has 0 aliphatic rings. The van der Waals surface area contributed by atoms with E-state index in [0.29, 0.717) is 22.3 Å². The number of carbonyl (C=O) groups is 1. The predicted octanol–water partition coefficient (Wildman–Crippen LogP) is 4.11. The number of anilines is 1. The molecule has 0 atom stereocenters. The second kappa shape index (κ2) is 7.53. The van der Waals surface area contributed by atoms with E-state index in [9.17, 15) is 13.6 Å². The molecule has 8 heteroatoms. The largest absolute Gasteiger partial charge is 0.493 e. The standard InChI is InChI=1S/C19H17F2N3O3/c1-10-11(2)23-15-8-12(4-6-14(15)22-10)18(25)24-13-5-7-16(26-3)17(9-13)27-19(20)21/h4-9,19H,1-3H3,(H,24,25). The third kappa shape index (κ3) is 4.11. The van der Waals surface area contributed by atoms with Gasteiger partial charge in [0.05, 0.1) is 29.5 Å². The fourth-order valence-corrected chi connectivity index (χ4v) is 2.52. The van der Waals surface area contributed by atoms with Gasteiger partial charge in [-0.15, -0.1) is 0 Å². The average Bonchev–Trinajstić information content (AvgIpc) is 2.62. The van der Waals surface area contributed by atoms with E-state index in [-0.39, 0.29) is 11.5 Å². The van der Waals surface area contributed by atoms with Crippen molar-refractivity contribution in [2.75, 3.05) is 12.4 Å². The highest BCUT2D eigenvalue weighted by Crippen LogP contribution is 2.31. The van der Waals surface area contributed by atoms with Crippen molar-refractivity contribution in [1.29, 1.82) is 0 Å². The van der Waals surface area contributed by atoms with Crippen LogP contribution in [0, 0.1) is 13.8 Å². The molecule has 1 amide bonds. The predicted molar refractivity (Wildman–Crippen MR) is 96.6 cm³/mol. The molecule has 1 heterocycles. The van der Waals surface area contributed by atoms with Gasteiger partial charge in [0.2, 0.25) is 0 Å². The Balaban J connectivity index is 1.86. The first-order chi connectivity index (χ1) is 12.9.